The van der Waals surface area contributed by atoms with Crippen LogP contribution in [0.1, 0.15) is 83.8 Å². The molecule has 0 radical (unpaired) electrons. The Morgan fingerprint density at radius 3 is 2.33 bits per heavy atom. The summed E-state index contributed by atoms with van der Waals surface area (Å²) in [6, 6.07) is 8.32. The van der Waals surface area contributed by atoms with Crippen LogP contribution in [0, 0.1) is 0 Å². The third-order valence-electron chi connectivity index (χ3n) is 9.51. The predicted octanol–water partition coefficient (Wildman–Crippen LogP) is 4.27. The van der Waals surface area contributed by atoms with Crippen LogP contribution in [0.3, 0.4) is 0 Å². The molecule has 5 rings (SSSR count). The number of fused-ring (bicyclic) bond motifs is 2. The third-order valence-corrected chi connectivity index (χ3v) is 11.2. The highest BCUT2D eigenvalue weighted by molar-refractivity contribution is 7.86. The van der Waals surface area contributed by atoms with Crippen molar-refractivity contribution >= 4 is 55.2 Å². The molecule has 1 fully saturated rings. The monoisotopic (exact) mass is 743 g/mol. The van der Waals surface area contributed by atoms with E-state index in [2.05, 4.69) is 18.4 Å². The summed E-state index contributed by atoms with van der Waals surface area (Å²) in [5, 5.41) is 0.563. The normalized spacial score (nSPS) is 18.9. The van der Waals surface area contributed by atoms with Crippen molar-refractivity contribution in [2.45, 2.75) is 94.9 Å². The summed E-state index contributed by atoms with van der Waals surface area (Å²) in [7, 11) is -8.65. The van der Waals surface area contributed by atoms with Gasteiger partial charge in [-0.1, -0.05) is 19.9 Å². The lowest BCUT2D eigenvalue weighted by atomic mass is 9.81. The second-order valence-corrected chi connectivity index (χ2v) is 16.9. The molecule has 51 heavy (non-hydrogen) atoms. The van der Waals surface area contributed by atoms with Gasteiger partial charge in [-0.2, -0.15) is 16.8 Å². The van der Waals surface area contributed by atoms with Crippen LogP contribution in [-0.2, 0) is 56.8 Å². The summed E-state index contributed by atoms with van der Waals surface area (Å²) in [5.74, 6) is -1.24. The van der Waals surface area contributed by atoms with Gasteiger partial charge in [-0.05, 0) is 92.6 Å². The molecular formula is C35H43N4O10S2+. The number of pyridine rings is 1. The van der Waals surface area contributed by atoms with E-state index in [9.17, 15) is 40.3 Å². The Balaban J connectivity index is 1.30. The first kappa shape index (κ1) is 38.0. The van der Waals surface area contributed by atoms with E-state index in [0.717, 1.165) is 29.2 Å². The predicted molar refractivity (Wildman–Crippen MR) is 187 cm³/mol. The fraction of sp³-hybridized carbons (Fsp3) is 0.457. The van der Waals surface area contributed by atoms with E-state index < -0.39 is 54.6 Å². The van der Waals surface area contributed by atoms with Gasteiger partial charge in [0, 0.05) is 42.6 Å². The number of amides is 2. The second-order valence-electron chi connectivity index (χ2n) is 13.9. The van der Waals surface area contributed by atoms with Crippen molar-refractivity contribution in [3.05, 3.63) is 71.6 Å². The smallest absolute Gasteiger partial charge is 0.333 e. The van der Waals surface area contributed by atoms with E-state index in [1.165, 1.54) is 12.1 Å². The second kappa shape index (κ2) is 14.4. The number of benzene rings is 1. The molecule has 14 nitrogen and oxygen atoms in total. The van der Waals surface area contributed by atoms with Crippen LogP contribution in [0.25, 0.3) is 0 Å². The van der Waals surface area contributed by atoms with Gasteiger partial charge in [0.15, 0.2) is 5.71 Å². The number of carbonyl (C=O) groups excluding carboxylic acids is 3. The van der Waals surface area contributed by atoms with Crippen LogP contribution >= 0.6 is 0 Å². The van der Waals surface area contributed by atoms with E-state index in [4.69, 9.17) is 9.83 Å². The molecule has 16 heteroatoms. The van der Waals surface area contributed by atoms with Crippen LogP contribution in [0.2, 0.25) is 0 Å². The third kappa shape index (κ3) is 8.29. The van der Waals surface area contributed by atoms with Crippen molar-refractivity contribution in [2.24, 2.45) is 4.99 Å². The lowest BCUT2D eigenvalue weighted by molar-refractivity contribution is -0.684. The minimum Gasteiger partial charge on any atom is -0.344 e. The Hall–Kier alpha value is -4.25. The molecule has 0 bridgehead atoms. The number of hydroxylamine groups is 2. The topological polar surface area (TPSA) is 192 Å². The number of rotatable bonds is 14. The summed E-state index contributed by atoms with van der Waals surface area (Å²) in [4.78, 5) is 47.1. The van der Waals surface area contributed by atoms with Crippen molar-refractivity contribution in [3.8, 4) is 0 Å². The van der Waals surface area contributed by atoms with Gasteiger partial charge in [0.1, 0.15) is 0 Å². The van der Waals surface area contributed by atoms with E-state index >= 15 is 0 Å². The first-order valence-corrected chi connectivity index (χ1v) is 19.8. The molecule has 0 spiro atoms. The van der Waals surface area contributed by atoms with E-state index in [-0.39, 0.29) is 37.1 Å². The van der Waals surface area contributed by atoms with E-state index in [0.29, 0.717) is 35.7 Å². The van der Waals surface area contributed by atoms with Crippen molar-refractivity contribution < 1.29 is 49.7 Å². The fourth-order valence-electron chi connectivity index (χ4n) is 6.70. The maximum absolute atomic E-state index is 12.1. The molecule has 1 saturated heterocycles. The van der Waals surface area contributed by atoms with Gasteiger partial charge in [0.2, 0.25) is 0 Å². The van der Waals surface area contributed by atoms with Gasteiger partial charge in [-0.15, -0.1) is 5.06 Å². The van der Waals surface area contributed by atoms with Crippen molar-refractivity contribution in [2.75, 3.05) is 17.2 Å². The largest absolute Gasteiger partial charge is 0.344 e. The number of anilines is 1. The standard InChI is InChI=1S/C35H42N4O10S2/c1-34(2)25-11-9-20-37(19-7-5-6-14-32(42)49-39-30(40)17-18-31(39)41)33(25)36-28(34)12-8-13-29-35(3,4)26-23-24(51(46,47)48)15-16-27(26)38(29)21-10-22-50(43,44)45/h8-9,11-13,15-16,20,23H,5-7,10,14,17-19,21-22H2,1-4H3,(H-,43,44,45,46,47,48)/p+1. The number of nitrogens with zero attached hydrogens (tertiary/aromatic N) is 4. The number of hydrogen-bond acceptors (Lipinski definition) is 10. The van der Waals surface area contributed by atoms with Crippen molar-refractivity contribution in [1.82, 2.24) is 5.06 Å². The molecule has 274 valence electrons. The number of unbranched alkanes of at least 4 members (excludes halogenated alkanes) is 2. The summed E-state index contributed by atoms with van der Waals surface area (Å²) in [6.07, 6.45) is 9.93. The van der Waals surface area contributed by atoms with E-state index in [1.54, 1.807) is 6.07 Å². The Morgan fingerprint density at radius 1 is 0.961 bits per heavy atom. The number of imide groups is 1. The molecule has 0 atom stereocenters. The zero-order chi connectivity index (χ0) is 37.4. The molecule has 1 aromatic heterocycles. The van der Waals surface area contributed by atoms with Crippen LogP contribution in [0.4, 0.5) is 11.5 Å². The van der Waals surface area contributed by atoms with Gasteiger partial charge in [0.05, 0.1) is 34.4 Å². The van der Waals surface area contributed by atoms with Gasteiger partial charge in [-0.3, -0.25) is 18.7 Å². The lowest BCUT2D eigenvalue weighted by Gasteiger charge is -2.27. The number of carbonyl (C=O) groups is 3. The molecule has 0 unspecified atom stereocenters. The SMILES string of the molecule is CC1(C)C(/C=C/C=C2/N(CCCS(=O)(=O)O)c3ccc(S(=O)(=O)O)cc3C2(C)C)=Nc2c1ccc[n+]2CCCCCC(=O)ON1C(=O)CCC1=O. The molecule has 4 heterocycles. The summed E-state index contributed by atoms with van der Waals surface area (Å²) < 4.78 is 67.9. The molecule has 0 aliphatic carbocycles. The Morgan fingerprint density at radius 2 is 1.67 bits per heavy atom. The number of allylic oxidation sites excluding steroid dienone is 4. The maximum atomic E-state index is 12.1. The zero-order valence-corrected chi connectivity index (χ0v) is 30.7. The number of aliphatic imine (C=N–C) groups is 1. The highest BCUT2D eigenvalue weighted by Gasteiger charge is 2.43. The van der Waals surface area contributed by atoms with Crippen molar-refractivity contribution in [1.29, 1.82) is 0 Å². The average Bonchev–Trinajstić information content (AvgIpc) is 3.57. The van der Waals surface area contributed by atoms with Crippen molar-refractivity contribution in [3.63, 3.8) is 0 Å². The Labute approximate surface area is 298 Å². The fourth-order valence-corrected chi connectivity index (χ4v) is 7.70. The van der Waals surface area contributed by atoms with Crippen LogP contribution in [0.5, 0.6) is 0 Å². The van der Waals surface area contributed by atoms with Gasteiger partial charge < -0.3 is 9.74 Å². The highest BCUT2D eigenvalue weighted by Crippen LogP contribution is 2.48. The number of aryl methyl sites for hydroxylation is 1. The van der Waals surface area contributed by atoms with Crippen LogP contribution in [0.15, 0.2) is 70.3 Å². The molecule has 3 aliphatic rings. The van der Waals surface area contributed by atoms with Gasteiger partial charge in [-0.25, -0.2) is 9.36 Å². The van der Waals surface area contributed by atoms with E-state index in [1.807, 2.05) is 55.3 Å². The minimum absolute atomic E-state index is 0.0511. The molecule has 2 amide bonds. The zero-order valence-electron chi connectivity index (χ0n) is 29.0. The lowest BCUT2D eigenvalue weighted by Crippen LogP contribution is -2.35. The van der Waals surface area contributed by atoms with Gasteiger partial charge in [0.25, 0.3) is 32.1 Å². The minimum atomic E-state index is -4.46. The number of hydrogen-bond donors (Lipinski definition) is 2. The van der Waals surface area contributed by atoms with Crippen LogP contribution < -0.4 is 9.47 Å². The molecule has 2 N–H and O–H groups in total. The quantitative estimate of drug-likeness (QED) is 0.122. The molecule has 2 aromatic rings. The highest BCUT2D eigenvalue weighted by atomic mass is 32.2. The molecule has 0 saturated carbocycles. The molecule has 3 aliphatic heterocycles. The van der Waals surface area contributed by atoms with Gasteiger partial charge >= 0.3 is 11.8 Å². The van der Waals surface area contributed by atoms with Crippen LogP contribution in [-0.4, -0.2) is 66.8 Å². The Bertz CT molecular complexity index is 2050. The summed E-state index contributed by atoms with van der Waals surface area (Å²) in [6.45, 7) is 8.87. The average molecular weight is 744 g/mol. The summed E-state index contributed by atoms with van der Waals surface area (Å²) in [5.41, 5.74) is 2.77. The first-order valence-electron chi connectivity index (χ1n) is 16.7. The number of aromatic nitrogens is 1. The Kier molecular flexibility index (Phi) is 10.7. The summed E-state index contributed by atoms with van der Waals surface area (Å²) >= 11 is 0. The molecular weight excluding hydrogens is 701 g/mol. The maximum Gasteiger partial charge on any atom is 0.333 e. The molecule has 1 aromatic carbocycles. The first-order chi connectivity index (χ1) is 23.8.